The lowest BCUT2D eigenvalue weighted by Gasteiger charge is -2.14. The number of ether oxygens (including phenoxy) is 1. The summed E-state index contributed by atoms with van der Waals surface area (Å²) in [6.07, 6.45) is 0.0810. The van der Waals surface area contributed by atoms with E-state index in [1.54, 1.807) is 25.3 Å². The van der Waals surface area contributed by atoms with Crippen LogP contribution in [0.2, 0.25) is 0 Å². The number of amides is 1. The van der Waals surface area contributed by atoms with Crippen molar-refractivity contribution in [3.63, 3.8) is 0 Å². The molecule has 0 saturated heterocycles. The Kier molecular flexibility index (Phi) is 5.45. The van der Waals surface area contributed by atoms with E-state index < -0.39 is 0 Å². The van der Waals surface area contributed by atoms with Gasteiger partial charge in [0.15, 0.2) is 0 Å². The first-order chi connectivity index (χ1) is 8.58. The molecule has 1 atom stereocenters. The minimum atomic E-state index is -0.0969. The molecule has 5 nitrogen and oxygen atoms in total. The Morgan fingerprint density at radius 3 is 2.83 bits per heavy atom. The van der Waals surface area contributed by atoms with Crippen molar-refractivity contribution in [3.8, 4) is 0 Å². The molecule has 1 amide bonds. The molecule has 0 aromatic heterocycles. The Labute approximate surface area is 108 Å². The summed E-state index contributed by atoms with van der Waals surface area (Å²) in [5, 5.41) is 5.92. The third kappa shape index (κ3) is 3.92. The Hall–Kier alpha value is -1.75. The number of anilines is 2. The van der Waals surface area contributed by atoms with Crippen molar-refractivity contribution in [2.75, 3.05) is 31.2 Å². The van der Waals surface area contributed by atoms with E-state index in [1.165, 1.54) is 0 Å². The number of benzene rings is 1. The van der Waals surface area contributed by atoms with Crippen molar-refractivity contribution in [2.24, 2.45) is 0 Å². The highest BCUT2D eigenvalue weighted by molar-refractivity contribution is 5.96. The maximum atomic E-state index is 11.7. The molecule has 4 N–H and O–H groups in total. The van der Waals surface area contributed by atoms with E-state index in [1.807, 2.05) is 13.8 Å². The molecule has 1 aromatic rings. The molecular weight excluding hydrogens is 230 g/mol. The van der Waals surface area contributed by atoms with E-state index in [-0.39, 0.29) is 12.0 Å². The fourth-order valence-electron chi connectivity index (χ4n) is 1.45. The Bertz CT molecular complexity index is 407. The number of methoxy groups -OCH3 is 1. The minimum Gasteiger partial charge on any atom is -0.397 e. The molecule has 100 valence electrons. The monoisotopic (exact) mass is 251 g/mol. The maximum Gasteiger partial charge on any atom is 0.251 e. The number of carbonyl (C=O) groups is 1. The van der Waals surface area contributed by atoms with Crippen molar-refractivity contribution in [3.05, 3.63) is 23.8 Å². The zero-order chi connectivity index (χ0) is 13.5. The van der Waals surface area contributed by atoms with Crippen LogP contribution in [0.5, 0.6) is 0 Å². The molecule has 1 aromatic carbocycles. The van der Waals surface area contributed by atoms with Gasteiger partial charge in [-0.1, -0.05) is 0 Å². The molecule has 0 fully saturated rings. The number of hydrogen-bond acceptors (Lipinski definition) is 4. The molecule has 1 unspecified atom stereocenters. The molecule has 18 heavy (non-hydrogen) atoms. The lowest BCUT2D eigenvalue weighted by molar-refractivity contribution is 0.0956. The normalized spacial score (nSPS) is 11.9. The highest BCUT2D eigenvalue weighted by atomic mass is 16.5. The second-order valence-electron chi connectivity index (χ2n) is 4.09. The van der Waals surface area contributed by atoms with Gasteiger partial charge in [-0.15, -0.1) is 0 Å². The van der Waals surface area contributed by atoms with E-state index in [0.717, 1.165) is 5.69 Å². The first-order valence-electron chi connectivity index (χ1n) is 6.02. The highest BCUT2D eigenvalue weighted by Crippen LogP contribution is 2.20. The van der Waals surface area contributed by atoms with Crippen LogP contribution in [0.3, 0.4) is 0 Å². The predicted molar refractivity (Wildman–Crippen MR) is 73.8 cm³/mol. The van der Waals surface area contributed by atoms with Gasteiger partial charge in [0.1, 0.15) is 0 Å². The van der Waals surface area contributed by atoms with Crippen molar-refractivity contribution in [2.45, 2.75) is 20.0 Å². The van der Waals surface area contributed by atoms with Gasteiger partial charge >= 0.3 is 0 Å². The van der Waals surface area contributed by atoms with E-state index >= 15 is 0 Å². The second kappa shape index (κ2) is 6.86. The van der Waals surface area contributed by atoms with Crippen LogP contribution in [0.1, 0.15) is 24.2 Å². The number of nitrogens with one attached hydrogen (secondary N) is 2. The average Bonchev–Trinajstić information content (AvgIpc) is 2.37. The third-order valence-corrected chi connectivity index (χ3v) is 2.64. The maximum absolute atomic E-state index is 11.7. The van der Waals surface area contributed by atoms with Crippen LogP contribution in [0, 0.1) is 0 Å². The summed E-state index contributed by atoms with van der Waals surface area (Å²) in [5.41, 5.74) is 7.82. The number of hydrogen-bond donors (Lipinski definition) is 3. The van der Waals surface area contributed by atoms with Gasteiger partial charge in [0.25, 0.3) is 5.91 Å². The van der Waals surface area contributed by atoms with Crippen LogP contribution in [-0.2, 0) is 4.74 Å². The quantitative estimate of drug-likeness (QED) is 0.669. The summed E-state index contributed by atoms with van der Waals surface area (Å²) in [4.78, 5) is 11.7. The van der Waals surface area contributed by atoms with Crippen molar-refractivity contribution in [1.29, 1.82) is 0 Å². The average molecular weight is 251 g/mol. The van der Waals surface area contributed by atoms with Crippen LogP contribution in [-0.4, -0.2) is 32.2 Å². The molecule has 0 aliphatic rings. The largest absolute Gasteiger partial charge is 0.397 e. The van der Waals surface area contributed by atoms with Gasteiger partial charge in [-0.25, -0.2) is 0 Å². The Morgan fingerprint density at radius 1 is 1.50 bits per heavy atom. The zero-order valence-electron chi connectivity index (χ0n) is 11.1. The summed E-state index contributed by atoms with van der Waals surface area (Å²) < 4.78 is 5.15. The molecule has 0 spiro atoms. The summed E-state index contributed by atoms with van der Waals surface area (Å²) in [6.45, 7) is 5.08. The van der Waals surface area contributed by atoms with Gasteiger partial charge in [0.05, 0.1) is 17.5 Å². The van der Waals surface area contributed by atoms with Gasteiger partial charge in [0, 0.05) is 25.8 Å². The second-order valence-corrected chi connectivity index (χ2v) is 4.09. The van der Waals surface area contributed by atoms with Crippen LogP contribution in [0.25, 0.3) is 0 Å². The predicted octanol–water partition coefficient (Wildman–Crippen LogP) is 1.47. The standard InChI is InChI=1S/C13H21N3O2/c1-4-15-13(17)10-5-6-11(14)12(7-10)16-8-9(2)18-3/h5-7,9,16H,4,8,14H2,1-3H3,(H,15,17). The molecular formula is C13H21N3O2. The lowest BCUT2D eigenvalue weighted by atomic mass is 10.1. The highest BCUT2D eigenvalue weighted by Gasteiger charge is 2.08. The third-order valence-electron chi connectivity index (χ3n) is 2.64. The number of nitrogen functional groups attached to an aromatic ring is 1. The van der Waals surface area contributed by atoms with E-state index in [0.29, 0.717) is 24.3 Å². The topological polar surface area (TPSA) is 76.4 Å². The van der Waals surface area contributed by atoms with Crippen LogP contribution >= 0.6 is 0 Å². The number of nitrogens with two attached hydrogens (primary N) is 1. The molecule has 1 rings (SSSR count). The Morgan fingerprint density at radius 2 is 2.22 bits per heavy atom. The molecule has 0 bridgehead atoms. The molecule has 0 heterocycles. The van der Waals surface area contributed by atoms with E-state index in [9.17, 15) is 4.79 Å². The SMILES string of the molecule is CCNC(=O)c1ccc(N)c(NCC(C)OC)c1. The molecule has 0 saturated carbocycles. The molecule has 5 heteroatoms. The summed E-state index contributed by atoms with van der Waals surface area (Å²) in [7, 11) is 1.65. The summed E-state index contributed by atoms with van der Waals surface area (Å²) in [5.74, 6) is -0.0969. The van der Waals surface area contributed by atoms with Gasteiger partial charge in [-0.05, 0) is 32.0 Å². The van der Waals surface area contributed by atoms with Crippen LogP contribution in [0.4, 0.5) is 11.4 Å². The van der Waals surface area contributed by atoms with Crippen molar-refractivity contribution in [1.82, 2.24) is 5.32 Å². The molecule has 0 aliphatic heterocycles. The summed E-state index contributed by atoms with van der Waals surface area (Å²) in [6, 6.07) is 5.19. The van der Waals surface area contributed by atoms with Crippen molar-refractivity contribution < 1.29 is 9.53 Å². The first-order valence-corrected chi connectivity index (χ1v) is 6.02. The molecule has 0 aliphatic carbocycles. The van der Waals surface area contributed by atoms with Crippen LogP contribution in [0.15, 0.2) is 18.2 Å². The van der Waals surface area contributed by atoms with Gasteiger partial charge in [-0.3, -0.25) is 4.79 Å². The van der Waals surface area contributed by atoms with Crippen LogP contribution < -0.4 is 16.4 Å². The number of rotatable bonds is 6. The smallest absolute Gasteiger partial charge is 0.251 e. The van der Waals surface area contributed by atoms with E-state index in [4.69, 9.17) is 10.5 Å². The fourth-order valence-corrected chi connectivity index (χ4v) is 1.45. The van der Waals surface area contributed by atoms with Crippen molar-refractivity contribution >= 4 is 17.3 Å². The lowest BCUT2D eigenvalue weighted by Crippen LogP contribution is -2.23. The zero-order valence-corrected chi connectivity index (χ0v) is 11.1. The molecule has 0 radical (unpaired) electrons. The van der Waals surface area contributed by atoms with Gasteiger partial charge in [-0.2, -0.15) is 0 Å². The minimum absolute atomic E-state index is 0.0810. The first kappa shape index (κ1) is 14.3. The fraction of sp³-hybridized carbons (Fsp3) is 0.462. The number of carbonyl (C=O) groups excluding carboxylic acids is 1. The Balaban J connectivity index is 2.78. The van der Waals surface area contributed by atoms with Gasteiger partial charge in [0.2, 0.25) is 0 Å². The summed E-state index contributed by atoms with van der Waals surface area (Å²) >= 11 is 0. The van der Waals surface area contributed by atoms with E-state index in [2.05, 4.69) is 10.6 Å². The van der Waals surface area contributed by atoms with Gasteiger partial charge < -0.3 is 21.1 Å².